The summed E-state index contributed by atoms with van der Waals surface area (Å²) in [4.78, 5) is 17.5. The second-order valence-electron chi connectivity index (χ2n) is 6.97. The van der Waals surface area contributed by atoms with Crippen molar-refractivity contribution in [3.05, 3.63) is 97.6 Å². The summed E-state index contributed by atoms with van der Waals surface area (Å²) in [5, 5.41) is 3.92. The van der Waals surface area contributed by atoms with E-state index in [0.29, 0.717) is 33.1 Å². The van der Waals surface area contributed by atoms with Gasteiger partial charge in [-0.05, 0) is 93.8 Å². The van der Waals surface area contributed by atoms with Crippen molar-refractivity contribution in [3.8, 4) is 5.75 Å². The number of benzene rings is 3. The normalized spacial score (nSPS) is 15.9. The highest BCUT2D eigenvalue weighted by atomic mass is 79.9. The number of hydrogen-bond acceptors (Lipinski definition) is 4. The van der Waals surface area contributed by atoms with Gasteiger partial charge in [-0.3, -0.25) is 4.79 Å². The Kier molecular flexibility index (Phi) is 6.98. The molecule has 4 nitrogen and oxygen atoms in total. The Morgan fingerprint density at radius 1 is 1.19 bits per heavy atom. The number of aliphatic imine (C=N–C) groups is 1. The molecule has 4 rings (SSSR count). The standard InChI is InChI=1S/C24H17BrClFN2O2S/c1-14-19(26)3-2-4-20(14)28-24-29-23(30)22(32-24)12-16-7-10-21(18(25)11-16)31-13-15-5-8-17(27)9-6-15/h2-12H,13H2,1H3,(H,28,29,30)/b22-12+. The van der Waals surface area contributed by atoms with Crippen molar-refractivity contribution in [2.45, 2.75) is 13.5 Å². The zero-order valence-electron chi connectivity index (χ0n) is 16.9. The predicted molar refractivity (Wildman–Crippen MR) is 132 cm³/mol. The van der Waals surface area contributed by atoms with E-state index >= 15 is 0 Å². The van der Waals surface area contributed by atoms with E-state index in [2.05, 4.69) is 26.2 Å². The van der Waals surface area contributed by atoms with Gasteiger partial charge in [0, 0.05) is 5.02 Å². The van der Waals surface area contributed by atoms with Crippen molar-refractivity contribution in [2.75, 3.05) is 0 Å². The molecule has 3 aromatic rings. The Balaban J connectivity index is 1.47. The lowest BCUT2D eigenvalue weighted by molar-refractivity contribution is -0.115. The average Bonchev–Trinajstić information content (AvgIpc) is 3.10. The van der Waals surface area contributed by atoms with Gasteiger partial charge in [0.25, 0.3) is 5.91 Å². The number of hydrogen-bond donors (Lipinski definition) is 1. The molecule has 8 heteroatoms. The molecular weight excluding hydrogens is 515 g/mol. The first kappa shape index (κ1) is 22.6. The van der Waals surface area contributed by atoms with E-state index in [1.54, 1.807) is 24.3 Å². The van der Waals surface area contributed by atoms with Crippen molar-refractivity contribution in [1.29, 1.82) is 0 Å². The molecule has 3 aromatic carbocycles. The molecule has 1 N–H and O–H groups in total. The summed E-state index contributed by atoms with van der Waals surface area (Å²) >= 11 is 10.9. The molecule has 1 amide bonds. The lowest BCUT2D eigenvalue weighted by Crippen LogP contribution is -2.19. The smallest absolute Gasteiger partial charge is 0.264 e. The van der Waals surface area contributed by atoms with E-state index < -0.39 is 0 Å². The minimum absolute atomic E-state index is 0.207. The number of halogens is 3. The third kappa shape index (κ3) is 5.41. The summed E-state index contributed by atoms with van der Waals surface area (Å²) in [7, 11) is 0. The largest absolute Gasteiger partial charge is 0.488 e. The number of amides is 1. The minimum atomic E-state index is -0.281. The molecule has 1 aliphatic rings. The number of nitrogens with zero attached hydrogens (tertiary/aromatic N) is 1. The molecular formula is C24H17BrClFN2O2S. The molecule has 162 valence electrons. The molecule has 32 heavy (non-hydrogen) atoms. The number of thioether (sulfide) groups is 1. The predicted octanol–water partition coefficient (Wildman–Crippen LogP) is 7.02. The maximum Gasteiger partial charge on any atom is 0.264 e. The van der Waals surface area contributed by atoms with Crippen LogP contribution in [0.15, 0.2) is 75.0 Å². The van der Waals surface area contributed by atoms with Crippen molar-refractivity contribution in [2.24, 2.45) is 4.99 Å². The van der Waals surface area contributed by atoms with Crippen molar-refractivity contribution < 1.29 is 13.9 Å². The first-order valence-electron chi connectivity index (χ1n) is 9.60. The van der Waals surface area contributed by atoms with Gasteiger partial charge in [0.05, 0.1) is 15.1 Å². The van der Waals surface area contributed by atoms with Crippen molar-refractivity contribution in [3.63, 3.8) is 0 Å². The summed E-state index contributed by atoms with van der Waals surface area (Å²) in [6.45, 7) is 2.21. The van der Waals surface area contributed by atoms with Crippen LogP contribution in [0.1, 0.15) is 16.7 Å². The van der Waals surface area contributed by atoms with E-state index in [0.717, 1.165) is 21.2 Å². The second-order valence-corrected chi connectivity index (χ2v) is 9.26. The molecule has 0 atom stereocenters. The van der Waals surface area contributed by atoms with Gasteiger partial charge in [-0.15, -0.1) is 0 Å². The molecule has 0 spiro atoms. The monoisotopic (exact) mass is 530 g/mol. The van der Waals surface area contributed by atoms with Gasteiger partial charge in [0.15, 0.2) is 5.17 Å². The maximum atomic E-state index is 13.0. The Labute approximate surface area is 202 Å². The van der Waals surface area contributed by atoms with Gasteiger partial charge in [-0.25, -0.2) is 9.38 Å². The maximum absolute atomic E-state index is 13.0. The number of carbonyl (C=O) groups is 1. The quantitative estimate of drug-likeness (QED) is 0.360. The van der Waals surface area contributed by atoms with E-state index in [4.69, 9.17) is 16.3 Å². The first-order valence-corrected chi connectivity index (χ1v) is 11.6. The Hall–Kier alpha value is -2.61. The SMILES string of the molecule is Cc1c(Cl)cccc1N=C1NC(=O)/C(=C\c2ccc(OCc3ccc(F)cc3)c(Br)c2)S1. The van der Waals surface area contributed by atoms with Gasteiger partial charge in [-0.1, -0.05) is 35.9 Å². The van der Waals surface area contributed by atoms with Crippen LogP contribution < -0.4 is 10.1 Å². The zero-order chi connectivity index (χ0) is 22.7. The van der Waals surface area contributed by atoms with Crippen LogP contribution in [0.5, 0.6) is 5.75 Å². The fourth-order valence-electron chi connectivity index (χ4n) is 2.92. The van der Waals surface area contributed by atoms with Crippen LogP contribution in [0, 0.1) is 12.7 Å². The topological polar surface area (TPSA) is 50.7 Å². The fourth-order valence-corrected chi connectivity index (χ4v) is 4.44. The fraction of sp³-hybridized carbons (Fsp3) is 0.0833. The highest BCUT2D eigenvalue weighted by molar-refractivity contribution is 9.10. The van der Waals surface area contributed by atoms with Gasteiger partial charge < -0.3 is 10.1 Å². The highest BCUT2D eigenvalue weighted by Crippen LogP contribution is 2.33. The molecule has 1 saturated heterocycles. The Morgan fingerprint density at radius 3 is 2.72 bits per heavy atom. The molecule has 1 fully saturated rings. The number of nitrogens with one attached hydrogen (secondary N) is 1. The second kappa shape index (κ2) is 9.90. The van der Waals surface area contributed by atoms with Gasteiger partial charge >= 0.3 is 0 Å². The number of rotatable bonds is 5. The van der Waals surface area contributed by atoms with Crippen molar-refractivity contribution >= 4 is 62.1 Å². The summed E-state index contributed by atoms with van der Waals surface area (Å²) < 4.78 is 19.6. The van der Waals surface area contributed by atoms with Gasteiger partial charge in [0.2, 0.25) is 0 Å². The molecule has 1 heterocycles. The molecule has 0 aliphatic carbocycles. The van der Waals surface area contributed by atoms with Crippen LogP contribution >= 0.6 is 39.3 Å². The molecule has 0 bridgehead atoms. The molecule has 1 aliphatic heterocycles. The summed E-state index contributed by atoms with van der Waals surface area (Å²) in [5.41, 5.74) is 3.27. The van der Waals surface area contributed by atoms with Crippen LogP contribution in [0.2, 0.25) is 5.02 Å². The van der Waals surface area contributed by atoms with E-state index in [1.807, 2.05) is 37.3 Å². The lowest BCUT2D eigenvalue weighted by Gasteiger charge is -2.09. The van der Waals surface area contributed by atoms with E-state index in [1.165, 1.54) is 23.9 Å². The van der Waals surface area contributed by atoms with Gasteiger partial charge in [-0.2, -0.15) is 0 Å². The van der Waals surface area contributed by atoms with Crippen LogP contribution in [0.3, 0.4) is 0 Å². The van der Waals surface area contributed by atoms with Crippen LogP contribution in [0.25, 0.3) is 6.08 Å². The molecule has 0 radical (unpaired) electrons. The lowest BCUT2D eigenvalue weighted by atomic mass is 10.2. The van der Waals surface area contributed by atoms with Crippen molar-refractivity contribution in [1.82, 2.24) is 5.32 Å². The number of ether oxygens (including phenoxy) is 1. The van der Waals surface area contributed by atoms with Crippen LogP contribution in [-0.4, -0.2) is 11.1 Å². The van der Waals surface area contributed by atoms with Gasteiger partial charge in [0.1, 0.15) is 18.2 Å². The third-order valence-corrected chi connectivity index (χ3v) is 6.61. The van der Waals surface area contributed by atoms with E-state index in [-0.39, 0.29) is 11.7 Å². The van der Waals surface area contributed by atoms with Crippen LogP contribution in [0.4, 0.5) is 10.1 Å². The first-order chi connectivity index (χ1) is 15.4. The number of amidine groups is 1. The number of carbonyl (C=O) groups excluding carboxylic acids is 1. The summed E-state index contributed by atoms with van der Waals surface area (Å²) in [6.07, 6.45) is 1.79. The summed E-state index contributed by atoms with van der Waals surface area (Å²) in [6, 6.07) is 17.2. The molecule has 0 unspecified atom stereocenters. The third-order valence-electron chi connectivity index (χ3n) is 4.67. The minimum Gasteiger partial charge on any atom is -0.488 e. The van der Waals surface area contributed by atoms with E-state index in [9.17, 15) is 9.18 Å². The molecule has 0 aromatic heterocycles. The molecule has 0 saturated carbocycles. The Bertz CT molecular complexity index is 1250. The highest BCUT2D eigenvalue weighted by Gasteiger charge is 2.24. The zero-order valence-corrected chi connectivity index (χ0v) is 20.0. The Morgan fingerprint density at radius 2 is 1.97 bits per heavy atom. The average molecular weight is 532 g/mol. The summed E-state index contributed by atoms with van der Waals surface area (Å²) in [5.74, 6) is 0.164. The van der Waals surface area contributed by atoms with Crippen LogP contribution in [-0.2, 0) is 11.4 Å².